The van der Waals surface area contributed by atoms with Crippen LogP contribution in [0.2, 0.25) is 0 Å². The van der Waals surface area contributed by atoms with E-state index in [1.165, 1.54) is 24.8 Å². The number of hydrogen-bond acceptors (Lipinski definition) is 7. The Morgan fingerprint density at radius 3 is 2.27 bits per heavy atom. The fourth-order valence-corrected chi connectivity index (χ4v) is 4.59. The van der Waals surface area contributed by atoms with Gasteiger partial charge in [-0.2, -0.15) is 18.4 Å². The molecule has 0 spiro atoms. The number of anilines is 3. The van der Waals surface area contributed by atoms with E-state index >= 15 is 0 Å². The molecule has 12 heteroatoms. The van der Waals surface area contributed by atoms with Gasteiger partial charge in [-0.15, -0.1) is 0 Å². The number of alkyl halides is 3. The number of carbonyl (C=O) groups is 3. The first kappa shape index (κ1) is 31.9. The Morgan fingerprint density at radius 1 is 1.00 bits per heavy atom. The Bertz CT molecular complexity index is 1620. The summed E-state index contributed by atoms with van der Waals surface area (Å²) in [6.45, 7) is 8.06. The molecule has 1 aliphatic rings. The quantitative estimate of drug-likeness (QED) is 0.221. The summed E-state index contributed by atoms with van der Waals surface area (Å²) in [5, 5.41) is 12.4. The lowest BCUT2D eigenvalue weighted by molar-refractivity contribution is -0.157. The lowest BCUT2D eigenvalue weighted by Crippen LogP contribution is -2.43. The predicted octanol–water partition coefficient (Wildman–Crippen LogP) is 6.79. The zero-order chi connectivity index (χ0) is 32.4. The zero-order valence-corrected chi connectivity index (χ0v) is 24.8. The molecule has 0 atom stereocenters. The van der Waals surface area contributed by atoms with Crippen molar-refractivity contribution in [3.8, 4) is 11.8 Å². The normalized spacial score (nSPS) is 14.8. The van der Waals surface area contributed by atoms with Gasteiger partial charge in [0, 0.05) is 11.4 Å². The number of hydrogen-bond donors (Lipinski definition) is 1. The number of halogens is 3. The first-order chi connectivity index (χ1) is 20.5. The second-order valence-electron chi connectivity index (χ2n) is 11.6. The molecule has 0 saturated carbocycles. The van der Waals surface area contributed by atoms with Gasteiger partial charge in [-0.1, -0.05) is 18.2 Å². The molecule has 1 heterocycles. The Kier molecular flexibility index (Phi) is 8.63. The number of nitrogens with one attached hydrogen (secondary N) is 1. The van der Waals surface area contributed by atoms with Crippen molar-refractivity contribution in [2.24, 2.45) is 0 Å². The van der Waals surface area contributed by atoms with Crippen molar-refractivity contribution < 1.29 is 37.0 Å². The summed E-state index contributed by atoms with van der Waals surface area (Å²) in [4.78, 5) is 40.9. The van der Waals surface area contributed by atoms with Crippen LogP contribution in [0.3, 0.4) is 0 Å². The summed E-state index contributed by atoms with van der Waals surface area (Å²) < 4.78 is 51.5. The molecule has 1 saturated heterocycles. The van der Waals surface area contributed by atoms with Gasteiger partial charge >= 0.3 is 18.2 Å². The van der Waals surface area contributed by atoms with Crippen molar-refractivity contribution in [1.82, 2.24) is 4.90 Å². The summed E-state index contributed by atoms with van der Waals surface area (Å²) in [6.07, 6.45) is -4.85. The zero-order valence-electron chi connectivity index (χ0n) is 24.8. The minimum absolute atomic E-state index is 0.0310. The fourth-order valence-electron chi connectivity index (χ4n) is 4.59. The molecule has 1 aliphatic heterocycles. The highest BCUT2D eigenvalue weighted by Crippen LogP contribution is 2.39. The van der Waals surface area contributed by atoms with Crippen molar-refractivity contribution in [3.05, 3.63) is 83.4 Å². The summed E-state index contributed by atoms with van der Waals surface area (Å²) in [5.74, 6) is -0.744. The number of para-hydroxylation sites is 1. The van der Waals surface area contributed by atoms with E-state index in [1.54, 1.807) is 69.3 Å². The van der Waals surface area contributed by atoms with Gasteiger partial charge in [0.15, 0.2) is 6.61 Å². The minimum Gasteiger partial charge on any atom is -0.482 e. The molecule has 0 aromatic heterocycles. The fraction of sp³-hybridized carbons (Fsp3) is 0.312. The molecule has 0 aliphatic carbocycles. The van der Waals surface area contributed by atoms with Crippen LogP contribution in [-0.2, 0) is 27.0 Å². The van der Waals surface area contributed by atoms with E-state index in [9.17, 15) is 27.6 Å². The van der Waals surface area contributed by atoms with Crippen molar-refractivity contribution >= 4 is 35.0 Å². The molecule has 3 aromatic carbocycles. The number of nitrogens with zero attached hydrogens (tertiary/aromatic N) is 3. The van der Waals surface area contributed by atoms with Crippen molar-refractivity contribution in [1.29, 1.82) is 5.26 Å². The van der Waals surface area contributed by atoms with Crippen molar-refractivity contribution in [2.45, 2.75) is 58.5 Å². The third-order valence-electron chi connectivity index (χ3n) is 6.77. The maximum absolute atomic E-state index is 13.6. The molecule has 4 rings (SSSR count). The topological polar surface area (TPSA) is 112 Å². The van der Waals surface area contributed by atoms with E-state index in [4.69, 9.17) is 14.7 Å². The number of carbonyl (C=O) groups excluding carboxylic acids is 3. The summed E-state index contributed by atoms with van der Waals surface area (Å²) in [7, 11) is 0. The highest BCUT2D eigenvalue weighted by atomic mass is 19.4. The van der Waals surface area contributed by atoms with Crippen molar-refractivity contribution in [3.63, 3.8) is 0 Å². The number of benzene rings is 3. The van der Waals surface area contributed by atoms with Crippen LogP contribution in [0.25, 0.3) is 0 Å². The molecule has 3 amide bonds. The summed E-state index contributed by atoms with van der Waals surface area (Å²) >= 11 is 0. The van der Waals surface area contributed by atoms with Gasteiger partial charge in [-0.05, 0) is 88.7 Å². The van der Waals surface area contributed by atoms with Gasteiger partial charge < -0.3 is 19.7 Å². The van der Waals surface area contributed by atoms with E-state index in [-0.39, 0.29) is 18.8 Å². The molecule has 44 heavy (non-hydrogen) atoms. The Balaban J connectivity index is 1.52. The largest absolute Gasteiger partial charge is 0.482 e. The lowest BCUT2D eigenvalue weighted by atomic mass is 10.0. The second kappa shape index (κ2) is 11.9. The van der Waals surface area contributed by atoms with Gasteiger partial charge in [-0.3, -0.25) is 4.79 Å². The van der Waals surface area contributed by atoms with Crippen LogP contribution in [0.5, 0.6) is 5.75 Å². The van der Waals surface area contributed by atoms with Gasteiger partial charge in [0.1, 0.15) is 16.9 Å². The van der Waals surface area contributed by atoms with Gasteiger partial charge in [0.05, 0.1) is 29.4 Å². The van der Waals surface area contributed by atoms with E-state index in [1.807, 2.05) is 0 Å². The SMILES string of the molecule is CC(C)(C)OC(=O)COc1ccc(Nc2ccccc2CN2C(=O)N(c3ccc(C#N)c(C(F)(F)F)c3)C(=O)C2(C)C)cc1. The smallest absolute Gasteiger partial charge is 0.417 e. The van der Waals surface area contributed by atoms with Gasteiger partial charge in [0.25, 0.3) is 5.91 Å². The third-order valence-corrected chi connectivity index (χ3v) is 6.77. The van der Waals surface area contributed by atoms with Gasteiger partial charge in [0.2, 0.25) is 0 Å². The molecule has 230 valence electrons. The maximum atomic E-state index is 13.6. The van der Waals surface area contributed by atoms with Crippen molar-refractivity contribution in [2.75, 3.05) is 16.8 Å². The van der Waals surface area contributed by atoms with E-state index in [0.29, 0.717) is 33.7 Å². The first-order valence-electron chi connectivity index (χ1n) is 13.6. The van der Waals surface area contributed by atoms with Crippen LogP contribution in [0.1, 0.15) is 51.3 Å². The summed E-state index contributed by atoms with van der Waals surface area (Å²) in [6, 6.07) is 17.4. The van der Waals surface area contributed by atoms with Crippen LogP contribution >= 0.6 is 0 Å². The maximum Gasteiger partial charge on any atom is 0.417 e. The van der Waals surface area contributed by atoms with E-state index < -0.39 is 46.4 Å². The average molecular weight is 609 g/mol. The number of ether oxygens (including phenoxy) is 2. The van der Waals surface area contributed by atoms with Crippen LogP contribution in [0, 0.1) is 11.3 Å². The number of urea groups is 1. The highest BCUT2D eigenvalue weighted by Gasteiger charge is 2.52. The standard InChI is InChI=1S/C32H31F3N4O5/c1-30(2,3)44-27(40)19-43-24-14-11-22(12-15-24)37-26-9-7-6-8-21(26)18-38-29(42)39(28(41)31(38,4)5)23-13-10-20(17-36)25(16-23)32(33,34)35/h6-16,37H,18-19H2,1-5H3. The minimum atomic E-state index is -4.85. The molecule has 0 radical (unpaired) electrons. The number of esters is 1. The summed E-state index contributed by atoms with van der Waals surface area (Å²) in [5.41, 5.74) is -2.19. The first-order valence-corrected chi connectivity index (χ1v) is 13.6. The Hall–Kier alpha value is -5.05. The van der Waals surface area contributed by atoms with E-state index in [0.717, 1.165) is 12.1 Å². The highest BCUT2D eigenvalue weighted by molar-refractivity contribution is 6.23. The molecular weight excluding hydrogens is 577 g/mol. The van der Waals surface area contributed by atoms with E-state index in [2.05, 4.69) is 5.32 Å². The number of nitriles is 1. The Morgan fingerprint density at radius 2 is 1.66 bits per heavy atom. The van der Waals surface area contributed by atoms with Gasteiger partial charge in [-0.25, -0.2) is 14.5 Å². The third kappa shape index (κ3) is 6.94. The number of imide groups is 1. The molecule has 0 unspecified atom stereocenters. The van der Waals surface area contributed by atoms with Crippen LogP contribution in [0.4, 0.5) is 35.0 Å². The Labute approximate surface area is 252 Å². The van der Waals surface area contributed by atoms with Crippen LogP contribution in [-0.4, -0.2) is 40.6 Å². The number of amides is 3. The molecule has 3 aromatic rings. The average Bonchev–Trinajstić information content (AvgIpc) is 3.10. The molecule has 1 N–H and O–H groups in total. The van der Waals surface area contributed by atoms with Crippen LogP contribution < -0.4 is 15.0 Å². The van der Waals surface area contributed by atoms with Crippen LogP contribution in [0.15, 0.2) is 66.7 Å². The second-order valence-corrected chi connectivity index (χ2v) is 11.6. The monoisotopic (exact) mass is 608 g/mol. The molecule has 9 nitrogen and oxygen atoms in total. The lowest BCUT2D eigenvalue weighted by Gasteiger charge is -2.28. The molecular formula is C32H31F3N4O5. The number of rotatable bonds is 8. The molecule has 0 bridgehead atoms. The molecule has 1 fully saturated rings. The predicted molar refractivity (Wildman–Crippen MR) is 156 cm³/mol.